The summed E-state index contributed by atoms with van der Waals surface area (Å²) < 4.78 is 5.07. The summed E-state index contributed by atoms with van der Waals surface area (Å²) in [4.78, 5) is 8.16. The van der Waals surface area contributed by atoms with E-state index in [0.717, 1.165) is 12.4 Å². The number of rotatable bonds is 6. The molecule has 1 aromatic heterocycles. The molecule has 0 aromatic carbocycles. The highest BCUT2D eigenvalue weighted by atomic mass is 16.5. The zero-order chi connectivity index (χ0) is 12.8. The number of aromatic nitrogens is 2. The van der Waals surface area contributed by atoms with Crippen LogP contribution >= 0.6 is 0 Å². The van der Waals surface area contributed by atoms with Crippen molar-refractivity contribution in [3.05, 3.63) is 12.4 Å². The van der Waals surface area contributed by atoms with Gasteiger partial charge in [0.05, 0.1) is 7.11 Å². The smallest absolute Gasteiger partial charge is 0.218 e. The quantitative estimate of drug-likeness (QED) is 0.826. The molecule has 0 spiro atoms. The molecular weight excluding hydrogens is 214 g/mol. The lowest BCUT2D eigenvalue weighted by Gasteiger charge is -2.25. The van der Waals surface area contributed by atoms with Crippen LogP contribution in [0.5, 0.6) is 5.88 Å². The fourth-order valence-electron chi connectivity index (χ4n) is 2.01. The van der Waals surface area contributed by atoms with Crippen LogP contribution in [0.2, 0.25) is 0 Å². The Hall–Kier alpha value is -1.32. The molecule has 0 radical (unpaired) electrons. The summed E-state index contributed by atoms with van der Waals surface area (Å²) in [5.74, 6) is 3.37. The Morgan fingerprint density at radius 3 is 2.35 bits per heavy atom. The van der Waals surface area contributed by atoms with E-state index in [1.54, 1.807) is 7.11 Å². The summed E-state index contributed by atoms with van der Waals surface area (Å²) in [6.45, 7) is 9.95. The van der Waals surface area contributed by atoms with Crippen molar-refractivity contribution >= 4 is 5.82 Å². The molecule has 1 N–H and O–H groups in total. The summed E-state index contributed by atoms with van der Waals surface area (Å²) in [5.41, 5.74) is 0. The van der Waals surface area contributed by atoms with Crippen LogP contribution in [0.1, 0.15) is 27.7 Å². The van der Waals surface area contributed by atoms with Crippen LogP contribution in [0.3, 0.4) is 0 Å². The highest BCUT2D eigenvalue weighted by Crippen LogP contribution is 2.21. The summed E-state index contributed by atoms with van der Waals surface area (Å²) in [6.07, 6.45) is 1.51. The largest absolute Gasteiger partial charge is 0.481 e. The third-order valence-corrected chi connectivity index (χ3v) is 3.08. The zero-order valence-corrected chi connectivity index (χ0v) is 11.4. The van der Waals surface area contributed by atoms with Gasteiger partial charge in [0.15, 0.2) is 0 Å². The summed E-state index contributed by atoms with van der Waals surface area (Å²) in [7, 11) is 1.61. The van der Waals surface area contributed by atoms with Crippen LogP contribution in [-0.4, -0.2) is 23.6 Å². The minimum Gasteiger partial charge on any atom is -0.481 e. The van der Waals surface area contributed by atoms with Crippen molar-refractivity contribution in [3.63, 3.8) is 0 Å². The van der Waals surface area contributed by atoms with Crippen molar-refractivity contribution in [2.45, 2.75) is 27.7 Å². The van der Waals surface area contributed by atoms with Gasteiger partial charge >= 0.3 is 0 Å². The van der Waals surface area contributed by atoms with E-state index in [2.05, 4.69) is 43.0 Å². The fraction of sp³-hybridized carbons (Fsp3) is 0.692. The Morgan fingerprint density at radius 2 is 1.82 bits per heavy atom. The van der Waals surface area contributed by atoms with Gasteiger partial charge in [-0.1, -0.05) is 27.7 Å². The molecule has 1 aromatic rings. The molecule has 0 aliphatic heterocycles. The van der Waals surface area contributed by atoms with E-state index in [-0.39, 0.29) is 0 Å². The standard InChI is InChI=1S/C13H23N3O/c1-9(2)11(10(3)4)7-14-12-6-13(17-5)16-8-15-12/h6,8-11H,7H2,1-5H3,(H,14,15,16). The van der Waals surface area contributed by atoms with Crippen LogP contribution in [0.15, 0.2) is 12.4 Å². The van der Waals surface area contributed by atoms with E-state index in [1.807, 2.05) is 6.07 Å². The average Bonchev–Trinajstić information content (AvgIpc) is 2.28. The van der Waals surface area contributed by atoms with Crippen LogP contribution in [0.4, 0.5) is 5.82 Å². The summed E-state index contributed by atoms with van der Waals surface area (Å²) >= 11 is 0. The molecule has 0 amide bonds. The second kappa shape index (κ2) is 6.42. The fourth-order valence-corrected chi connectivity index (χ4v) is 2.01. The van der Waals surface area contributed by atoms with Gasteiger partial charge in [-0.3, -0.25) is 0 Å². The molecule has 17 heavy (non-hydrogen) atoms. The molecule has 0 atom stereocenters. The van der Waals surface area contributed by atoms with Crippen molar-refractivity contribution in [2.24, 2.45) is 17.8 Å². The van der Waals surface area contributed by atoms with Gasteiger partial charge in [0.1, 0.15) is 12.1 Å². The molecule has 4 nitrogen and oxygen atoms in total. The van der Waals surface area contributed by atoms with Crippen LogP contribution in [-0.2, 0) is 0 Å². The van der Waals surface area contributed by atoms with Gasteiger partial charge in [0.25, 0.3) is 0 Å². The normalized spacial score (nSPS) is 11.3. The minimum absolute atomic E-state index is 0.591. The van der Waals surface area contributed by atoms with Crippen molar-refractivity contribution in [1.82, 2.24) is 9.97 Å². The maximum atomic E-state index is 5.07. The third kappa shape index (κ3) is 4.21. The van der Waals surface area contributed by atoms with E-state index in [4.69, 9.17) is 4.74 Å². The van der Waals surface area contributed by atoms with Crippen LogP contribution in [0.25, 0.3) is 0 Å². The summed E-state index contributed by atoms with van der Waals surface area (Å²) in [5, 5.41) is 3.35. The van der Waals surface area contributed by atoms with E-state index >= 15 is 0 Å². The van der Waals surface area contributed by atoms with E-state index in [1.165, 1.54) is 6.33 Å². The Kier molecular flexibility index (Phi) is 5.19. The van der Waals surface area contributed by atoms with Gasteiger partial charge in [-0.05, 0) is 17.8 Å². The first kappa shape index (κ1) is 13.7. The molecule has 0 fully saturated rings. The van der Waals surface area contributed by atoms with E-state index in [9.17, 15) is 0 Å². The Labute approximate surface area is 104 Å². The maximum Gasteiger partial charge on any atom is 0.218 e. The van der Waals surface area contributed by atoms with Crippen LogP contribution < -0.4 is 10.1 Å². The first-order valence-corrected chi connectivity index (χ1v) is 6.14. The van der Waals surface area contributed by atoms with Gasteiger partial charge < -0.3 is 10.1 Å². The topological polar surface area (TPSA) is 47.0 Å². The number of methoxy groups -OCH3 is 1. The Bertz CT molecular complexity index is 331. The van der Waals surface area contributed by atoms with Crippen molar-refractivity contribution in [2.75, 3.05) is 19.0 Å². The number of ether oxygens (including phenoxy) is 1. The van der Waals surface area contributed by atoms with Gasteiger partial charge in [-0.25, -0.2) is 9.97 Å². The Morgan fingerprint density at radius 1 is 1.18 bits per heavy atom. The zero-order valence-electron chi connectivity index (χ0n) is 11.4. The van der Waals surface area contributed by atoms with Crippen molar-refractivity contribution in [1.29, 1.82) is 0 Å². The number of anilines is 1. The average molecular weight is 237 g/mol. The van der Waals surface area contributed by atoms with Crippen LogP contribution in [0, 0.1) is 17.8 Å². The van der Waals surface area contributed by atoms with Gasteiger partial charge in [0.2, 0.25) is 5.88 Å². The number of hydrogen-bond acceptors (Lipinski definition) is 4. The highest BCUT2D eigenvalue weighted by molar-refractivity contribution is 5.36. The number of hydrogen-bond donors (Lipinski definition) is 1. The molecule has 96 valence electrons. The molecule has 0 aliphatic carbocycles. The molecular formula is C13H23N3O. The lowest BCUT2D eigenvalue weighted by Crippen LogP contribution is -2.24. The number of nitrogens with zero attached hydrogens (tertiary/aromatic N) is 2. The first-order valence-electron chi connectivity index (χ1n) is 6.14. The molecule has 0 saturated heterocycles. The van der Waals surface area contributed by atoms with E-state index in [0.29, 0.717) is 23.6 Å². The molecule has 0 unspecified atom stereocenters. The lowest BCUT2D eigenvalue weighted by molar-refractivity contribution is 0.304. The number of nitrogens with one attached hydrogen (secondary N) is 1. The summed E-state index contributed by atoms with van der Waals surface area (Å²) in [6, 6.07) is 1.82. The SMILES string of the molecule is COc1cc(NCC(C(C)C)C(C)C)ncn1. The van der Waals surface area contributed by atoms with E-state index < -0.39 is 0 Å². The third-order valence-electron chi connectivity index (χ3n) is 3.08. The maximum absolute atomic E-state index is 5.07. The molecule has 0 aliphatic rings. The highest BCUT2D eigenvalue weighted by Gasteiger charge is 2.17. The monoisotopic (exact) mass is 237 g/mol. The van der Waals surface area contributed by atoms with Gasteiger partial charge in [-0.15, -0.1) is 0 Å². The van der Waals surface area contributed by atoms with Gasteiger partial charge in [-0.2, -0.15) is 0 Å². The van der Waals surface area contributed by atoms with Gasteiger partial charge in [0, 0.05) is 12.6 Å². The molecule has 4 heteroatoms. The Balaban J connectivity index is 2.59. The lowest BCUT2D eigenvalue weighted by atomic mass is 9.85. The predicted molar refractivity (Wildman–Crippen MR) is 70.2 cm³/mol. The van der Waals surface area contributed by atoms with Crippen molar-refractivity contribution in [3.8, 4) is 5.88 Å². The predicted octanol–water partition coefficient (Wildman–Crippen LogP) is 2.83. The minimum atomic E-state index is 0.591. The molecule has 0 saturated carbocycles. The van der Waals surface area contributed by atoms with Crippen molar-refractivity contribution < 1.29 is 4.74 Å². The molecule has 1 rings (SSSR count). The second-order valence-electron chi connectivity index (χ2n) is 4.98. The second-order valence-corrected chi connectivity index (χ2v) is 4.98. The first-order chi connectivity index (χ1) is 8.04. The molecule has 0 bridgehead atoms. The molecule has 1 heterocycles.